The molecule has 1 fully saturated rings. The number of ether oxygens (including phenoxy) is 1. The number of nitrogens with one attached hydrogen (secondary N) is 2. The van der Waals surface area contributed by atoms with E-state index in [1.807, 2.05) is 0 Å². The van der Waals surface area contributed by atoms with Crippen LogP contribution in [0.5, 0.6) is 0 Å². The van der Waals surface area contributed by atoms with Gasteiger partial charge in [0.1, 0.15) is 5.82 Å². The minimum absolute atomic E-state index is 0.164. The quantitative estimate of drug-likeness (QED) is 0.811. The molecule has 0 spiro atoms. The number of nitrogens with zero attached hydrogens (tertiary/aromatic N) is 1. The monoisotopic (exact) mass is 351 g/mol. The molecular formula is C17H16F3N3O2. The number of hydrogen-bond acceptors (Lipinski definition) is 4. The van der Waals surface area contributed by atoms with Crippen molar-refractivity contribution in [3.63, 3.8) is 0 Å². The largest absolute Gasteiger partial charge is 0.376 e. The van der Waals surface area contributed by atoms with E-state index < -0.39 is 28.9 Å². The number of halogens is 3. The highest BCUT2D eigenvalue weighted by Crippen LogP contribution is 2.18. The van der Waals surface area contributed by atoms with Gasteiger partial charge >= 0.3 is 0 Å². The van der Waals surface area contributed by atoms with Gasteiger partial charge in [-0.25, -0.2) is 18.2 Å². The number of amides is 1. The van der Waals surface area contributed by atoms with E-state index in [-0.39, 0.29) is 6.10 Å². The van der Waals surface area contributed by atoms with Gasteiger partial charge in [0.2, 0.25) is 0 Å². The smallest absolute Gasteiger partial charge is 0.258 e. The van der Waals surface area contributed by atoms with Crippen molar-refractivity contribution in [2.24, 2.45) is 0 Å². The van der Waals surface area contributed by atoms with E-state index in [1.165, 1.54) is 6.20 Å². The summed E-state index contributed by atoms with van der Waals surface area (Å²) in [6.07, 6.45) is 3.59. The van der Waals surface area contributed by atoms with Gasteiger partial charge in [0.05, 0.1) is 23.6 Å². The Morgan fingerprint density at radius 1 is 1.20 bits per heavy atom. The summed E-state index contributed by atoms with van der Waals surface area (Å²) in [6.45, 7) is 1.41. The van der Waals surface area contributed by atoms with E-state index in [0.29, 0.717) is 24.1 Å². The third kappa shape index (κ3) is 4.08. The lowest BCUT2D eigenvalue weighted by atomic mass is 10.2. The van der Waals surface area contributed by atoms with Crippen molar-refractivity contribution in [3.05, 3.63) is 53.5 Å². The molecule has 1 aromatic heterocycles. The Balaban J connectivity index is 1.61. The van der Waals surface area contributed by atoms with E-state index in [1.54, 1.807) is 12.1 Å². The summed E-state index contributed by atoms with van der Waals surface area (Å²) in [5.74, 6) is -4.84. The molecule has 2 N–H and O–H groups in total. The molecule has 1 atom stereocenters. The van der Waals surface area contributed by atoms with Crippen LogP contribution in [0, 0.1) is 17.5 Å². The van der Waals surface area contributed by atoms with Crippen molar-refractivity contribution in [2.75, 3.05) is 23.8 Å². The summed E-state index contributed by atoms with van der Waals surface area (Å²) < 4.78 is 45.2. The predicted molar refractivity (Wildman–Crippen MR) is 86.0 cm³/mol. The zero-order valence-corrected chi connectivity index (χ0v) is 13.2. The molecule has 5 nitrogen and oxygen atoms in total. The lowest BCUT2D eigenvalue weighted by Gasteiger charge is -2.12. The topological polar surface area (TPSA) is 63.2 Å². The normalized spacial score (nSPS) is 16.7. The Hall–Kier alpha value is -2.61. The third-order valence-corrected chi connectivity index (χ3v) is 3.84. The average molecular weight is 351 g/mol. The Labute approximate surface area is 142 Å². The Morgan fingerprint density at radius 2 is 2.04 bits per heavy atom. The van der Waals surface area contributed by atoms with Crippen molar-refractivity contribution in [2.45, 2.75) is 18.9 Å². The Bertz CT molecular complexity index is 762. The molecule has 2 heterocycles. The molecule has 132 valence electrons. The van der Waals surface area contributed by atoms with Gasteiger partial charge in [0, 0.05) is 13.2 Å². The fourth-order valence-corrected chi connectivity index (χ4v) is 2.50. The average Bonchev–Trinajstić information content (AvgIpc) is 3.12. The van der Waals surface area contributed by atoms with E-state index >= 15 is 0 Å². The number of anilines is 2. The molecule has 1 aliphatic rings. The maximum atomic E-state index is 13.6. The number of carbonyl (C=O) groups excluding carboxylic acids is 1. The van der Waals surface area contributed by atoms with Crippen molar-refractivity contribution in [1.82, 2.24) is 4.98 Å². The van der Waals surface area contributed by atoms with Gasteiger partial charge in [-0.2, -0.15) is 0 Å². The predicted octanol–water partition coefficient (Wildman–Crippen LogP) is 3.34. The van der Waals surface area contributed by atoms with Crippen LogP contribution in [0.1, 0.15) is 23.2 Å². The molecule has 25 heavy (non-hydrogen) atoms. The first-order chi connectivity index (χ1) is 12.0. The Kier molecular flexibility index (Phi) is 5.18. The molecule has 0 bridgehead atoms. The van der Waals surface area contributed by atoms with Gasteiger partial charge in [-0.3, -0.25) is 4.79 Å². The van der Waals surface area contributed by atoms with E-state index in [4.69, 9.17) is 4.74 Å². The minimum Gasteiger partial charge on any atom is -0.376 e. The van der Waals surface area contributed by atoms with Gasteiger partial charge in [0.25, 0.3) is 5.91 Å². The van der Waals surface area contributed by atoms with Gasteiger partial charge in [-0.05, 0) is 37.1 Å². The summed E-state index contributed by atoms with van der Waals surface area (Å²) in [6, 6.07) is 4.80. The number of benzene rings is 1. The lowest BCUT2D eigenvalue weighted by Crippen LogP contribution is -2.19. The second-order valence-corrected chi connectivity index (χ2v) is 5.63. The highest BCUT2D eigenvalue weighted by atomic mass is 19.2. The summed E-state index contributed by atoms with van der Waals surface area (Å²) in [4.78, 5) is 16.1. The zero-order chi connectivity index (χ0) is 17.8. The number of aromatic nitrogens is 1. The van der Waals surface area contributed by atoms with Crippen LogP contribution in [0.25, 0.3) is 0 Å². The van der Waals surface area contributed by atoms with E-state index in [9.17, 15) is 18.0 Å². The van der Waals surface area contributed by atoms with Crippen molar-refractivity contribution in [3.8, 4) is 0 Å². The number of rotatable bonds is 5. The SMILES string of the molecule is O=C(Nc1ccc(NCC2CCCO2)nc1)c1ccc(F)c(F)c1F. The van der Waals surface area contributed by atoms with Crippen molar-refractivity contribution < 1.29 is 22.7 Å². The van der Waals surface area contributed by atoms with Crippen LogP contribution in [0.2, 0.25) is 0 Å². The molecule has 0 radical (unpaired) electrons. The maximum Gasteiger partial charge on any atom is 0.258 e. The lowest BCUT2D eigenvalue weighted by molar-refractivity contribution is 0.102. The van der Waals surface area contributed by atoms with Crippen LogP contribution >= 0.6 is 0 Å². The first-order valence-corrected chi connectivity index (χ1v) is 7.81. The van der Waals surface area contributed by atoms with Gasteiger partial charge in [-0.15, -0.1) is 0 Å². The summed E-state index contributed by atoms with van der Waals surface area (Å²) in [5.41, 5.74) is -0.281. The highest BCUT2D eigenvalue weighted by molar-refractivity contribution is 6.04. The molecule has 1 unspecified atom stereocenters. The molecule has 1 saturated heterocycles. The van der Waals surface area contributed by atoms with Crippen LogP contribution in [-0.4, -0.2) is 30.1 Å². The molecule has 3 rings (SSSR count). The molecule has 8 heteroatoms. The van der Waals surface area contributed by atoms with Gasteiger partial charge in [0.15, 0.2) is 17.5 Å². The molecular weight excluding hydrogens is 335 g/mol. The standard InChI is InChI=1S/C17H16F3N3O2/c18-13-5-4-12(15(19)16(13)20)17(24)23-10-3-6-14(21-8-10)22-9-11-2-1-7-25-11/h3-6,8,11H,1-2,7,9H2,(H,21,22)(H,23,24). The molecule has 1 aromatic carbocycles. The number of hydrogen-bond donors (Lipinski definition) is 2. The highest BCUT2D eigenvalue weighted by Gasteiger charge is 2.19. The molecule has 2 aromatic rings. The van der Waals surface area contributed by atoms with Crippen LogP contribution in [-0.2, 0) is 4.74 Å². The van der Waals surface area contributed by atoms with Crippen LogP contribution in [0.4, 0.5) is 24.7 Å². The summed E-state index contributed by atoms with van der Waals surface area (Å²) in [7, 11) is 0. The number of pyridine rings is 1. The van der Waals surface area contributed by atoms with Crippen LogP contribution in [0.3, 0.4) is 0 Å². The van der Waals surface area contributed by atoms with Gasteiger partial charge < -0.3 is 15.4 Å². The zero-order valence-electron chi connectivity index (χ0n) is 13.2. The van der Waals surface area contributed by atoms with Crippen molar-refractivity contribution in [1.29, 1.82) is 0 Å². The second kappa shape index (κ2) is 7.52. The van der Waals surface area contributed by atoms with Crippen LogP contribution < -0.4 is 10.6 Å². The van der Waals surface area contributed by atoms with Crippen molar-refractivity contribution >= 4 is 17.4 Å². The molecule has 1 aliphatic heterocycles. The van der Waals surface area contributed by atoms with Crippen LogP contribution in [0.15, 0.2) is 30.5 Å². The summed E-state index contributed by atoms with van der Waals surface area (Å²) >= 11 is 0. The Morgan fingerprint density at radius 3 is 2.72 bits per heavy atom. The first-order valence-electron chi connectivity index (χ1n) is 7.81. The number of carbonyl (C=O) groups is 1. The first kappa shape index (κ1) is 17.2. The minimum atomic E-state index is -1.68. The molecule has 0 aliphatic carbocycles. The van der Waals surface area contributed by atoms with Gasteiger partial charge in [-0.1, -0.05) is 0 Å². The fraction of sp³-hybridized carbons (Fsp3) is 0.294. The maximum absolute atomic E-state index is 13.6. The molecule has 1 amide bonds. The fourth-order valence-electron chi connectivity index (χ4n) is 2.50. The third-order valence-electron chi connectivity index (χ3n) is 3.84. The van der Waals surface area contributed by atoms with E-state index in [0.717, 1.165) is 25.5 Å². The second-order valence-electron chi connectivity index (χ2n) is 5.63. The van der Waals surface area contributed by atoms with E-state index in [2.05, 4.69) is 15.6 Å². The summed E-state index contributed by atoms with van der Waals surface area (Å²) in [5, 5.41) is 5.51. The molecule has 0 saturated carbocycles.